The van der Waals surface area contributed by atoms with Crippen molar-refractivity contribution < 1.29 is 0 Å². The second-order valence-electron chi connectivity index (χ2n) is 9.01. The molecule has 4 heteroatoms. The molecule has 1 aliphatic carbocycles. The summed E-state index contributed by atoms with van der Waals surface area (Å²) in [6.45, 7) is 5.14. The van der Waals surface area contributed by atoms with Gasteiger partial charge in [-0.3, -0.25) is 4.90 Å². The zero-order valence-electron chi connectivity index (χ0n) is 16.0. The van der Waals surface area contributed by atoms with E-state index >= 15 is 0 Å². The van der Waals surface area contributed by atoms with Gasteiger partial charge in [0, 0.05) is 12.6 Å². The number of rotatable bonds is 3. The Morgan fingerprint density at radius 3 is 2.42 bits per heavy atom. The Kier molecular flexibility index (Phi) is 5.86. The Balaban J connectivity index is 1.47. The summed E-state index contributed by atoms with van der Waals surface area (Å²) in [7, 11) is 2.26. The average Bonchev–Trinajstić information content (AvgIpc) is 3.10. The topological polar surface area (TPSA) is 6.48 Å². The van der Waals surface area contributed by atoms with Crippen LogP contribution in [-0.2, 0) is 6.42 Å². The monoisotopic (exact) mass is 394 g/mol. The second-order valence-corrected chi connectivity index (χ2v) is 9.83. The minimum Gasteiger partial charge on any atom is -0.306 e. The molecule has 2 aliphatic heterocycles. The first-order valence-electron chi connectivity index (χ1n) is 10.4. The molecular weight excluding hydrogens is 363 g/mol. The van der Waals surface area contributed by atoms with Crippen molar-refractivity contribution in [2.24, 2.45) is 11.3 Å². The van der Waals surface area contributed by atoms with Crippen LogP contribution in [0.1, 0.15) is 50.5 Å². The van der Waals surface area contributed by atoms with Crippen molar-refractivity contribution in [1.82, 2.24) is 9.80 Å². The van der Waals surface area contributed by atoms with Gasteiger partial charge in [-0.1, -0.05) is 42.1 Å². The summed E-state index contributed by atoms with van der Waals surface area (Å²) in [6, 6.07) is 7.05. The minimum atomic E-state index is 0.535. The van der Waals surface area contributed by atoms with E-state index in [1.807, 2.05) is 6.07 Å². The lowest BCUT2D eigenvalue weighted by Gasteiger charge is -2.50. The fourth-order valence-corrected chi connectivity index (χ4v) is 6.15. The van der Waals surface area contributed by atoms with Crippen LogP contribution in [0, 0.1) is 11.3 Å². The zero-order chi connectivity index (χ0) is 18.1. The predicted molar refractivity (Wildman–Crippen MR) is 111 cm³/mol. The third-order valence-electron chi connectivity index (χ3n) is 7.42. The molecule has 3 aliphatic rings. The third kappa shape index (κ3) is 3.94. The summed E-state index contributed by atoms with van der Waals surface area (Å²) in [5.74, 6) is 0.796. The maximum Gasteiger partial charge on any atom is 0.0595 e. The molecule has 0 bridgehead atoms. The molecule has 0 N–H and O–H groups in total. The van der Waals surface area contributed by atoms with Crippen LogP contribution >= 0.6 is 23.2 Å². The van der Waals surface area contributed by atoms with Crippen LogP contribution in [-0.4, -0.2) is 49.1 Å². The molecule has 0 radical (unpaired) electrons. The Bertz CT molecular complexity index is 619. The first kappa shape index (κ1) is 19.1. The quantitative estimate of drug-likeness (QED) is 0.666. The molecule has 1 atom stereocenters. The van der Waals surface area contributed by atoms with Gasteiger partial charge in [0.25, 0.3) is 0 Å². The molecule has 1 aromatic carbocycles. The van der Waals surface area contributed by atoms with Crippen molar-refractivity contribution >= 4 is 23.2 Å². The van der Waals surface area contributed by atoms with E-state index in [9.17, 15) is 0 Å². The number of likely N-dealkylation sites (tertiary alicyclic amines) is 2. The number of halogens is 2. The van der Waals surface area contributed by atoms with Crippen molar-refractivity contribution in [3.05, 3.63) is 33.8 Å². The lowest BCUT2D eigenvalue weighted by atomic mass is 9.67. The summed E-state index contributed by atoms with van der Waals surface area (Å²) in [6.07, 6.45) is 10.9. The molecule has 0 amide bonds. The smallest absolute Gasteiger partial charge is 0.0595 e. The van der Waals surface area contributed by atoms with Crippen LogP contribution in [0.4, 0.5) is 0 Å². The Morgan fingerprint density at radius 1 is 1.00 bits per heavy atom. The Morgan fingerprint density at radius 2 is 1.73 bits per heavy atom. The van der Waals surface area contributed by atoms with Crippen LogP contribution in [0.25, 0.3) is 0 Å². The predicted octanol–water partition coefficient (Wildman–Crippen LogP) is 5.51. The van der Waals surface area contributed by atoms with Gasteiger partial charge in [-0.25, -0.2) is 0 Å². The first-order valence-corrected chi connectivity index (χ1v) is 11.2. The van der Waals surface area contributed by atoms with Gasteiger partial charge in [0.2, 0.25) is 0 Å². The Hall–Kier alpha value is -0.280. The van der Waals surface area contributed by atoms with Crippen LogP contribution < -0.4 is 0 Å². The molecule has 2 saturated heterocycles. The number of benzene rings is 1. The summed E-state index contributed by atoms with van der Waals surface area (Å²) < 4.78 is 0. The second kappa shape index (κ2) is 7.99. The van der Waals surface area contributed by atoms with Crippen molar-refractivity contribution in [3.8, 4) is 0 Å². The molecule has 2 heterocycles. The van der Waals surface area contributed by atoms with E-state index < -0.39 is 0 Å². The van der Waals surface area contributed by atoms with Crippen molar-refractivity contribution in [1.29, 1.82) is 0 Å². The molecule has 26 heavy (non-hydrogen) atoms. The lowest BCUT2D eigenvalue weighted by molar-refractivity contribution is -0.00685. The van der Waals surface area contributed by atoms with Crippen LogP contribution in [0.15, 0.2) is 18.2 Å². The average molecular weight is 395 g/mol. The number of piperidine rings is 2. The fourth-order valence-electron chi connectivity index (χ4n) is 5.83. The maximum atomic E-state index is 6.28. The van der Waals surface area contributed by atoms with Gasteiger partial charge in [0.15, 0.2) is 0 Å². The standard InChI is InChI=1S/C22H32Cl2N2/c1-25-11-7-19(8-12-25)26-13-6-18(22(16-26)9-2-3-10-22)14-17-4-5-20(23)21(24)15-17/h4-5,15,18-19H,2-3,6-14,16H2,1H3. The first-order chi connectivity index (χ1) is 12.6. The van der Waals surface area contributed by atoms with E-state index in [4.69, 9.17) is 23.2 Å². The molecule has 2 nitrogen and oxygen atoms in total. The third-order valence-corrected chi connectivity index (χ3v) is 8.16. The SMILES string of the molecule is CN1CCC(N2CCC(Cc3ccc(Cl)c(Cl)c3)C3(CCCC3)C2)CC1. The number of hydrogen-bond acceptors (Lipinski definition) is 2. The largest absolute Gasteiger partial charge is 0.306 e. The van der Waals surface area contributed by atoms with Crippen molar-refractivity contribution in [3.63, 3.8) is 0 Å². The highest BCUT2D eigenvalue weighted by Crippen LogP contribution is 2.50. The van der Waals surface area contributed by atoms with Gasteiger partial charge >= 0.3 is 0 Å². The molecule has 144 valence electrons. The summed E-state index contributed by atoms with van der Waals surface area (Å²) in [5.41, 5.74) is 1.90. The minimum absolute atomic E-state index is 0.535. The van der Waals surface area contributed by atoms with E-state index in [0.717, 1.165) is 18.4 Å². The zero-order valence-corrected chi connectivity index (χ0v) is 17.5. The highest BCUT2D eigenvalue weighted by molar-refractivity contribution is 6.42. The van der Waals surface area contributed by atoms with E-state index in [1.165, 1.54) is 76.7 Å². The summed E-state index contributed by atoms with van der Waals surface area (Å²) >= 11 is 12.4. The van der Waals surface area contributed by atoms with Gasteiger partial charge in [-0.05, 0) is 94.2 Å². The van der Waals surface area contributed by atoms with Crippen LogP contribution in [0.2, 0.25) is 10.0 Å². The van der Waals surface area contributed by atoms with E-state index in [2.05, 4.69) is 29.0 Å². The molecule has 1 aromatic rings. The van der Waals surface area contributed by atoms with E-state index in [-0.39, 0.29) is 0 Å². The van der Waals surface area contributed by atoms with Crippen molar-refractivity contribution in [2.75, 3.05) is 33.2 Å². The lowest BCUT2D eigenvalue weighted by Crippen LogP contribution is -2.54. The number of nitrogens with zero attached hydrogens (tertiary/aromatic N) is 2. The molecule has 4 rings (SSSR count). The van der Waals surface area contributed by atoms with Gasteiger partial charge in [0.05, 0.1) is 10.0 Å². The van der Waals surface area contributed by atoms with Crippen LogP contribution in [0.3, 0.4) is 0 Å². The highest BCUT2D eigenvalue weighted by Gasteiger charge is 2.46. The molecular formula is C22H32Cl2N2. The maximum absolute atomic E-state index is 6.28. The van der Waals surface area contributed by atoms with Gasteiger partial charge in [-0.15, -0.1) is 0 Å². The van der Waals surface area contributed by atoms with Gasteiger partial charge in [0.1, 0.15) is 0 Å². The highest BCUT2D eigenvalue weighted by atomic mass is 35.5. The number of hydrogen-bond donors (Lipinski definition) is 0. The molecule has 1 unspecified atom stereocenters. The molecule has 3 fully saturated rings. The molecule has 0 aromatic heterocycles. The normalized spacial score (nSPS) is 28.0. The van der Waals surface area contributed by atoms with Gasteiger partial charge < -0.3 is 4.90 Å². The molecule has 1 spiro atoms. The summed E-state index contributed by atoms with van der Waals surface area (Å²) in [4.78, 5) is 5.35. The fraction of sp³-hybridized carbons (Fsp3) is 0.727. The molecule has 1 saturated carbocycles. The summed E-state index contributed by atoms with van der Waals surface area (Å²) in [5, 5.41) is 1.37. The van der Waals surface area contributed by atoms with Crippen molar-refractivity contribution in [2.45, 2.75) is 57.4 Å². The van der Waals surface area contributed by atoms with E-state index in [1.54, 1.807) is 0 Å². The van der Waals surface area contributed by atoms with Gasteiger partial charge in [-0.2, -0.15) is 0 Å². The Labute approximate surface area is 168 Å². The van der Waals surface area contributed by atoms with E-state index in [0.29, 0.717) is 15.5 Å². The van der Waals surface area contributed by atoms with Crippen LogP contribution in [0.5, 0.6) is 0 Å².